The van der Waals surface area contributed by atoms with E-state index in [1.165, 1.54) is 11.1 Å². The van der Waals surface area contributed by atoms with Crippen LogP contribution >= 0.6 is 0 Å². The summed E-state index contributed by atoms with van der Waals surface area (Å²) in [6, 6.07) is 16.3. The summed E-state index contributed by atoms with van der Waals surface area (Å²) < 4.78 is 6.18. The van der Waals surface area contributed by atoms with Crippen LogP contribution in [0, 0.1) is 0 Å². The van der Waals surface area contributed by atoms with Crippen molar-refractivity contribution in [2.75, 3.05) is 0 Å². The van der Waals surface area contributed by atoms with E-state index in [4.69, 9.17) is 4.74 Å². The zero-order valence-corrected chi connectivity index (χ0v) is 10.7. The molecule has 3 aliphatic rings. The highest BCUT2D eigenvalue weighted by molar-refractivity contribution is 5.97. The maximum absolute atomic E-state index is 12.2. The summed E-state index contributed by atoms with van der Waals surface area (Å²) in [5, 5.41) is 3.14. The van der Waals surface area contributed by atoms with Gasteiger partial charge in [-0.15, -0.1) is 0 Å². The molecule has 1 N–H and O–H groups in total. The highest BCUT2D eigenvalue weighted by atomic mass is 16.5. The number of amides is 1. The quantitative estimate of drug-likeness (QED) is 0.793. The summed E-state index contributed by atoms with van der Waals surface area (Å²) in [7, 11) is 0. The van der Waals surface area contributed by atoms with Gasteiger partial charge in [-0.3, -0.25) is 4.79 Å². The van der Waals surface area contributed by atoms with Crippen molar-refractivity contribution in [3.63, 3.8) is 0 Å². The molecule has 20 heavy (non-hydrogen) atoms. The Kier molecular flexibility index (Phi) is 1.86. The Morgan fingerprint density at radius 3 is 2.30 bits per heavy atom. The molecule has 3 aliphatic heterocycles. The molecule has 3 heterocycles. The van der Waals surface area contributed by atoms with Crippen LogP contribution < -0.4 is 5.32 Å². The number of ether oxygens (including phenoxy) is 1. The average Bonchev–Trinajstić information content (AvgIpc) is 3.05. The van der Waals surface area contributed by atoms with E-state index in [9.17, 15) is 4.79 Å². The van der Waals surface area contributed by atoms with Crippen molar-refractivity contribution in [1.29, 1.82) is 0 Å². The average molecular weight is 263 g/mol. The van der Waals surface area contributed by atoms with Gasteiger partial charge in [-0.25, -0.2) is 0 Å². The molecule has 5 rings (SSSR count). The molecule has 0 aromatic heterocycles. The SMILES string of the molecule is O=C1N[C@H]2[C@@H](c3ccccc31)[C@H]1O[C@@H]2c2ccccc21. The highest BCUT2D eigenvalue weighted by Crippen LogP contribution is 2.58. The van der Waals surface area contributed by atoms with Crippen molar-refractivity contribution in [3.05, 3.63) is 70.8 Å². The number of benzene rings is 2. The third-order valence-corrected chi connectivity index (χ3v) is 4.80. The number of fused-ring (bicyclic) bond motifs is 10. The van der Waals surface area contributed by atoms with Gasteiger partial charge in [0.25, 0.3) is 5.91 Å². The lowest BCUT2D eigenvalue weighted by atomic mass is 9.73. The molecule has 2 bridgehead atoms. The summed E-state index contributed by atoms with van der Waals surface area (Å²) >= 11 is 0. The first-order valence-electron chi connectivity index (χ1n) is 6.98. The Bertz CT molecular complexity index is 739. The van der Waals surface area contributed by atoms with Crippen LogP contribution in [0.25, 0.3) is 0 Å². The first-order valence-corrected chi connectivity index (χ1v) is 6.98. The Hall–Kier alpha value is -2.13. The molecule has 1 amide bonds. The molecule has 4 atom stereocenters. The Morgan fingerprint density at radius 1 is 0.850 bits per heavy atom. The minimum Gasteiger partial charge on any atom is -0.363 e. The van der Waals surface area contributed by atoms with E-state index in [2.05, 4.69) is 29.6 Å². The standard InChI is InChI=1S/C17H13NO2/c19-17-12-8-4-1-5-9(12)13-14(18-17)16-11-7-3-2-6-10(11)15(13)20-16/h1-8,13-16H,(H,18,19)/t13-,14+,15+,16-/m1/s1. The molecule has 2 aromatic rings. The zero-order valence-electron chi connectivity index (χ0n) is 10.7. The second kappa shape index (κ2) is 3.49. The van der Waals surface area contributed by atoms with Crippen LogP contribution in [0.15, 0.2) is 48.5 Å². The van der Waals surface area contributed by atoms with Gasteiger partial charge in [0.15, 0.2) is 0 Å². The van der Waals surface area contributed by atoms with Gasteiger partial charge < -0.3 is 10.1 Å². The summed E-state index contributed by atoms with van der Waals surface area (Å²) in [5.74, 6) is 0.263. The van der Waals surface area contributed by atoms with Crippen LogP contribution in [0.5, 0.6) is 0 Å². The van der Waals surface area contributed by atoms with Crippen molar-refractivity contribution in [1.82, 2.24) is 5.32 Å². The minimum absolute atomic E-state index is 0.00138. The molecule has 3 nitrogen and oxygen atoms in total. The fourth-order valence-electron chi connectivity index (χ4n) is 4.01. The fraction of sp³-hybridized carbons (Fsp3) is 0.235. The molecule has 1 fully saturated rings. The number of carbonyl (C=O) groups is 1. The second-order valence-corrected chi connectivity index (χ2v) is 5.72. The minimum atomic E-state index is -0.00138. The van der Waals surface area contributed by atoms with Gasteiger partial charge in [-0.05, 0) is 22.8 Å². The molecule has 1 saturated heterocycles. The smallest absolute Gasteiger partial charge is 0.251 e. The number of carbonyl (C=O) groups excluding carboxylic acids is 1. The van der Waals surface area contributed by atoms with E-state index in [0.717, 1.165) is 11.1 Å². The third kappa shape index (κ3) is 1.12. The van der Waals surface area contributed by atoms with Gasteiger partial charge >= 0.3 is 0 Å². The molecule has 2 aromatic carbocycles. The summed E-state index contributed by atoms with van der Waals surface area (Å²) in [4.78, 5) is 12.2. The molecule has 0 unspecified atom stereocenters. The molecule has 0 radical (unpaired) electrons. The second-order valence-electron chi connectivity index (χ2n) is 5.72. The molecule has 3 heteroatoms. The first-order chi connectivity index (χ1) is 9.84. The lowest BCUT2D eigenvalue weighted by Crippen LogP contribution is -2.46. The zero-order chi connectivity index (χ0) is 13.3. The van der Waals surface area contributed by atoms with Gasteiger partial charge in [0.05, 0.1) is 12.1 Å². The van der Waals surface area contributed by atoms with Gasteiger partial charge in [0.2, 0.25) is 0 Å². The molecule has 98 valence electrons. The van der Waals surface area contributed by atoms with Crippen LogP contribution in [0.4, 0.5) is 0 Å². The maximum atomic E-state index is 12.2. The predicted octanol–water partition coefficient (Wildman–Crippen LogP) is 2.71. The van der Waals surface area contributed by atoms with Crippen molar-refractivity contribution in [2.24, 2.45) is 0 Å². The monoisotopic (exact) mass is 263 g/mol. The number of hydrogen-bond donors (Lipinski definition) is 1. The van der Waals surface area contributed by atoms with Crippen LogP contribution in [0.2, 0.25) is 0 Å². The van der Waals surface area contributed by atoms with Gasteiger partial charge in [-0.1, -0.05) is 42.5 Å². The van der Waals surface area contributed by atoms with Gasteiger partial charge in [0, 0.05) is 11.5 Å². The van der Waals surface area contributed by atoms with Crippen LogP contribution in [0.1, 0.15) is 45.2 Å². The lowest BCUT2D eigenvalue weighted by molar-refractivity contribution is 0.0611. The third-order valence-electron chi connectivity index (χ3n) is 4.80. The van der Waals surface area contributed by atoms with Crippen LogP contribution in [-0.2, 0) is 4.74 Å². The summed E-state index contributed by atoms with van der Waals surface area (Å²) in [6.07, 6.45) is 0.0708. The number of nitrogens with one attached hydrogen (secondary N) is 1. The van der Waals surface area contributed by atoms with Gasteiger partial charge in [0.1, 0.15) is 6.10 Å². The van der Waals surface area contributed by atoms with Gasteiger partial charge in [-0.2, -0.15) is 0 Å². The van der Waals surface area contributed by atoms with E-state index in [1.54, 1.807) is 0 Å². The first kappa shape index (κ1) is 10.6. The predicted molar refractivity (Wildman–Crippen MR) is 73.4 cm³/mol. The van der Waals surface area contributed by atoms with E-state index in [-0.39, 0.29) is 30.1 Å². The fourth-order valence-corrected chi connectivity index (χ4v) is 4.01. The van der Waals surface area contributed by atoms with E-state index < -0.39 is 0 Å². The molecule has 0 spiro atoms. The largest absolute Gasteiger partial charge is 0.363 e. The topological polar surface area (TPSA) is 38.3 Å². The molecule has 0 saturated carbocycles. The summed E-state index contributed by atoms with van der Waals surface area (Å²) in [5.41, 5.74) is 4.44. The van der Waals surface area contributed by atoms with E-state index >= 15 is 0 Å². The van der Waals surface area contributed by atoms with Crippen molar-refractivity contribution >= 4 is 5.91 Å². The van der Waals surface area contributed by atoms with Crippen LogP contribution in [-0.4, -0.2) is 11.9 Å². The van der Waals surface area contributed by atoms with E-state index in [0.29, 0.717) is 0 Å². The van der Waals surface area contributed by atoms with Crippen molar-refractivity contribution in [3.8, 4) is 0 Å². The van der Waals surface area contributed by atoms with Crippen molar-refractivity contribution in [2.45, 2.75) is 24.2 Å². The molecule has 0 aliphatic carbocycles. The molecular formula is C17H13NO2. The highest BCUT2D eigenvalue weighted by Gasteiger charge is 2.55. The number of hydrogen-bond acceptors (Lipinski definition) is 2. The lowest BCUT2D eigenvalue weighted by Gasteiger charge is -2.35. The Morgan fingerprint density at radius 2 is 1.50 bits per heavy atom. The normalized spacial score (nSPS) is 32.3. The summed E-state index contributed by atoms with van der Waals surface area (Å²) in [6.45, 7) is 0. The number of rotatable bonds is 0. The van der Waals surface area contributed by atoms with Crippen molar-refractivity contribution < 1.29 is 9.53 Å². The maximum Gasteiger partial charge on any atom is 0.251 e. The Labute approximate surface area is 116 Å². The Balaban J connectivity index is 1.73. The van der Waals surface area contributed by atoms with E-state index in [1.807, 2.05) is 24.3 Å². The van der Waals surface area contributed by atoms with Crippen LogP contribution in [0.3, 0.4) is 0 Å². The molecular weight excluding hydrogens is 250 g/mol.